The number of aryl methyl sites for hydroxylation is 1. The average Bonchev–Trinajstić information content (AvgIpc) is 3.18. The van der Waals surface area contributed by atoms with Gasteiger partial charge in [-0.2, -0.15) is 0 Å². The molecule has 1 N–H and O–H groups in total. The first kappa shape index (κ1) is 15.2. The van der Waals surface area contributed by atoms with Crippen LogP contribution in [0.1, 0.15) is 43.6 Å². The highest BCUT2D eigenvalue weighted by atomic mass is 16.5. The monoisotopic (exact) mass is 318 g/mol. The standard InChI is InChI=1S/C18H26N2O3/c1-12-2-5-14(22-12)11-20-9-8-16-15(20)6-7-17(23-16)18(21)19-10-13-3-4-13/h2,5,13,15-17H,3-4,6-11H2,1H3,(H,19,21)/t15-,16-,17+/m0/s1. The van der Waals surface area contributed by atoms with E-state index in [2.05, 4.69) is 16.3 Å². The molecule has 5 heteroatoms. The maximum absolute atomic E-state index is 12.2. The quantitative estimate of drug-likeness (QED) is 0.904. The molecule has 1 aromatic heterocycles. The number of carbonyl (C=O) groups is 1. The van der Waals surface area contributed by atoms with E-state index in [-0.39, 0.29) is 18.1 Å². The Kier molecular flexibility index (Phi) is 4.16. The van der Waals surface area contributed by atoms with Gasteiger partial charge in [-0.3, -0.25) is 9.69 Å². The summed E-state index contributed by atoms with van der Waals surface area (Å²) in [7, 11) is 0. The van der Waals surface area contributed by atoms with Crippen LogP contribution < -0.4 is 5.32 Å². The lowest BCUT2D eigenvalue weighted by molar-refractivity contribution is -0.144. The van der Waals surface area contributed by atoms with Gasteiger partial charge in [0.05, 0.1) is 12.6 Å². The van der Waals surface area contributed by atoms with Crippen molar-refractivity contribution in [2.75, 3.05) is 13.1 Å². The van der Waals surface area contributed by atoms with Gasteiger partial charge in [-0.25, -0.2) is 0 Å². The third kappa shape index (κ3) is 3.45. The summed E-state index contributed by atoms with van der Waals surface area (Å²) in [6.07, 6.45) is 5.33. The lowest BCUT2D eigenvalue weighted by Gasteiger charge is -2.35. The number of nitrogens with zero attached hydrogens (tertiary/aromatic N) is 1. The largest absolute Gasteiger partial charge is 0.465 e. The first-order valence-electron chi connectivity index (χ1n) is 8.91. The second-order valence-electron chi connectivity index (χ2n) is 7.27. The maximum atomic E-state index is 12.2. The van der Waals surface area contributed by atoms with Crippen molar-refractivity contribution in [1.29, 1.82) is 0 Å². The zero-order valence-corrected chi connectivity index (χ0v) is 13.8. The van der Waals surface area contributed by atoms with Crippen LogP contribution in [0.15, 0.2) is 16.5 Å². The van der Waals surface area contributed by atoms with Gasteiger partial charge in [-0.1, -0.05) is 0 Å². The van der Waals surface area contributed by atoms with Crippen LogP contribution in [0.3, 0.4) is 0 Å². The van der Waals surface area contributed by atoms with E-state index in [1.54, 1.807) is 0 Å². The van der Waals surface area contributed by atoms with E-state index < -0.39 is 0 Å². The van der Waals surface area contributed by atoms with E-state index in [9.17, 15) is 4.79 Å². The Hall–Kier alpha value is -1.33. The fourth-order valence-electron chi connectivity index (χ4n) is 3.85. The molecule has 4 rings (SSSR count). The summed E-state index contributed by atoms with van der Waals surface area (Å²) in [5.41, 5.74) is 0. The van der Waals surface area contributed by atoms with Gasteiger partial charge in [0.25, 0.3) is 0 Å². The smallest absolute Gasteiger partial charge is 0.249 e. The van der Waals surface area contributed by atoms with Crippen molar-refractivity contribution in [1.82, 2.24) is 10.2 Å². The molecule has 3 aliphatic rings. The number of carbonyl (C=O) groups excluding carboxylic acids is 1. The number of hydrogen-bond donors (Lipinski definition) is 1. The second-order valence-corrected chi connectivity index (χ2v) is 7.27. The Morgan fingerprint density at radius 2 is 2.13 bits per heavy atom. The van der Waals surface area contributed by atoms with Crippen molar-refractivity contribution in [3.8, 4) is 0 Å². The van der Waals surface area contributed by atoms with Crippen molar-refractivity contribution in [2.24, 2.45) is 5.92 Å². The van der Waals surface area contributed by atoms with Crippen LogP contribution >= 0.6 is 0 Å². The fraction of sp³-hybridized carbons (Fsp3) is 0.722. The molecular formula is C18H26N2O3. The van der Waals surface area contributed by atoms with Gasteiger partial charge in [0.2, 0.25) is 5.91 Å². The first-order chi connectivity index (χ1) is 11.2. The van der Waals surface area contributed by atoms with E-state index in [0.717, 1.165) is 50.4 Å². The zero-order valence-electron chi connectivity index (χ0n) is 13.8. The minimum atomic E-state index is -0.249. The van der Waals surface area contributed by atoms with Crippen LogP contribution in [0.5, 0.6) is 0 Å². The molecule has 2 saturated heterocycles. The average molecular weight is 318 g/mol. The van der Waals surface area contributed by atoms with Crippen LogP contribution in [0.25, 0.3) is 0 Å². The van der Waals surface area contributed by atoms with Crippen LogP contribution in [0.4, 0.5) is 0 Å². The number of ether oxygens (including phenoxy) is 1. The summed E-state index contributed by atoms with van der Waals surface area (Å²) >= 11 is 0. The van der Waals surface area contributed by atoms with E-state index in [1.807, 2.05) is 13.0 Å². The van der Waals surface area contributed by atoms with E-state index in [1.165, 1.54) is 12.8 Å². The van der Waals surface area contributed by atoms with Crippen molar-refractivity contribution >= 4 is 5.91 Å². The van der Waals surface area contributed by atoms with Crippen LogP contribution in [-0.4, -0.2) is 42.1 Å². The SMILES string of the molecule is Cc1ccc(CN2CC[C@@H]3O[C@@H](C(=O)NCC4CC4)CC[C@@H]32)o1. The topological polar surface area (TPSA) is 54.7 Å². The number of hydrogen-bond acceptors (Lipinski definition) is 4. The van der Waals surface area contributed by atoms with E-state index >= 15 is 0 Å². The summed E-state index contributed by atoms with van der Waals surface area (Å²) in [5.74, 6) is 2.79. The Balaban J connectivity index is 1.30. The number of nitrogens with one attached hydrogen (secondary N) is 1. The zero-order chi connectivity index (χ0) is 15.8. The summed E-state index contributed by atoms with van der Waals surface area (Å²) in [4.78, 5) is 14.7. The minimum Gasteiger partial charge on any atom is -0.465 e. The molecule has 0 bridgehead atoms. The second kappa shape index (κ2) is 6.29. The molecule has 0 spiro atoms. The molecule has 3 fully saturated rings. The third-order valence-corrected chi connectivity index (χ3v) is 5.37. The predicted octanol–water partition coefficient (Wildman–Crippen LogP) is 2.24. The summed E-state index contributed by atoms with van der Waals surface area (Å²) < 4.78 is 11.8. The van der Waals surface area contributed by atoms with Crippen LogP contribution in [0.2, 0.25) is 0 Å². The molecule has 126 valence electrons. The predicted molar refractivity (Wildman–Crippen MR) is 85.9 cm³/mol. The number of likely N-dealkylation sites (tertiary alicyclic amines) is 1. The third-order valence-electron chi connectivity index (χ3n) is 5.37. The summed E-state index contributed by atoms with van der Waals surface area (Å²) in [6.45, 7) is 4.67. The molecule has 0 radical (unpaired) electrons. The molecule has 0 unspecified atom stereocenters. The van der Waals surface area contributed by atoms with Gasteiger partial charge < -0.3 is 14.5 Å². The molecule has 23 heavy (non-hydrogen) atoms. The number of fused-ring (bicyclic) bond motifs is 1. The number of rotatable bonds is 5. The van der Waals surface area contributed by atoms with Crippen molar-refractivity contribution in [2.45, 2.75) is 63.8 Å². The van der Waals surface area contributed by atoms with E-state index in [4.69, 9.17) is 9.15 Å². The van der Waals surface area contributed by atoms with Gasteiger partial charge in [-0.05, 0) is 57.1 Å². The molecule has 0 aromatic carbocycles. The Morgan fingerprint density at radius 1 is 1.26 bits per heavy atom. The van der Waals surface area contributed by atoms with Crippen molar-refractivity contribution in [3.05, 3.63) is 23.7 Å². The summed E-state index contributed by atoms with van der Waals surface area (Å²) in [6, 6.07) is 4.49. The molecule has 3 heterocycles. The van der Waals surface area contributed by atoms with Gasteiger partial charge in [0, 0.05) is 19.1 Å². The minimum absolute atomic E-state index is 0.0930. The van der Waals surface area contributed by atoms with E-state index in [0.29, 0.717) is 12.0 Å². The maximum Gasteiger partial charge on any atom is 0.249 e. The lowest BCUT2D eigenvalue weighted by atomic mass is 9.98. The molecule has 2 aliphatic heterocycles. The molecule has 3 atom stereocenters. The van der Waals surface area contributed by atoms with Gasteiger partial charge in [0.15, 0.2) is 0 Å². The molecular weight excluding hydrogens is 292 g/mol. The molecule has 1 saturated carbocycles. The van der Waals surface area contributed by atoms with Crippen LogP contribution in [0, 0.1) is 12.8 Å². The molecule has 1 amide bonds. The molecule has 5 nitrogen and oxygen atoms in total. The fourth-order valence-corrected chi connectivity index (χ4v) is 3.85. The van der Waals surface area contributed by atoms with Crippen molar-refractivity contribution < 1.29 is 13.9 Å². The Morgan fingerprint density at radius 3 is 2.87 bits per heavy atom. The number of amides is 1. The first-order valence-corrected chi connectivity index (χ1v) is 8.91. The van der Waals surface area contributed by atoms with Crippen LogP contribution in [-0.2, 0) is 16.1 Å². The Labute approximate surface area is 137 Å². The number of furan rings is 1. The Bertz CT molecular complexity index is 566. The normalized spacial score (nSPS) is 31.1. The highest BCUT2D eigenvalue weighted by Gasteiger charge is 2.41. The molecule has 1 aliphatic carbocycles. The van der Waals surface area contributed by atoms with Gasteiger partial charge in [-0.15, -0.1) is 0 Å². The van der Waals surface area contributed by atoms with Gasteiger partial charge in [0.1, 0.15) is 17.6 Å². The van der Waals surface area contributed by atoms with Gasteiger partial charge >= 0.3 is 0 Å². The highest BCUT2D eigenvalue weighted by Crippen LogP contribution is 2.33. The molecule has 1 aromatic rings. The highest BCUT2D eigenvalue weighted by molar-refractivity contribution is 5.80. The van der Waals surface area contributed by atoms with Crippen molar-refractivity contribution in [3.63, 3.8) is 0 Å². The summed E-state index contributed by atoms with van der Waals surface area (Å²) in [5, 5.41) is 3.06. The lowest BCUT2D eigenvalue weighted by Crippen LogP contribution is -2.47.